The van der Waals surface area contributed by atoms with E-state index in [1.54, 1.807) is 6.92 Å². The summed E-state index contributed by atoms with van der Waals surface area (Å²) in [7, 11) is 0. The Kier molecular flexibility index (Phi) is 4.08. The van der Waals surface area contributed by atoms with Crippen LogP contribution in [0.4, 0.5) is 13.2 Å². The summed E-state index contributed by atoms with van der Waals surface area (Å²) in [6.45, 7) is 1.96. The highest BCUT2D eigenvalue weighted by Crippen LogP contribution is 2.36. The molecule has 0 amide bonds. The Labute approximate surface area is 117 Å². The van der Waals surface area contributed by atoms with Crippen LogP contribution in [0.2, 0.25) is 5.28 Å². The van der Waals surface area contributed by atoms with Crippen LogP contribution < -0.4 is 4.74 Å². The number of halogens is 4. The Morgan fingerprint density at radius 1 is 1.15 bits per heavy atom. The van der Waals surface area contributed by atoms with Gasteiger partial charge in [-0.1, -0.05) is 18.2 Å². The normalized spacial score (nSPS) is 11.4. The Morgan fingerprint density at radius 2 is 1.85 bits per heavy atom. The van der Waals surface area contributed by atoms with Crippen LogP contribution in [-0.4, -0.2) is 21.6 Å². The van der Waals surface area contributed by atoms with E-state index in [0.29, 0.717) is 0 Å². The molecule has 20 heavy (non-hydrogen) atoms. The molecule has 8 heteroatoms. The summed E-state index contributed by atoms with van der Waals surface area (Å²) in [5, 5.41) is -0.226. The van der Waals surface area contributed by atoms with Crippen LogP contribution in [0.1, 0.15) is 12.5 Å². The molecule has 2 aromatic rings. The fourth-order valence-corrected chi connectivity index (χ4v) is 1.72. The van der Waals surface area contributed by atoms with Crippen LogP contribution in [0.25, 0.3) is 11.4 Å². The number of nitrogens with zero attached hydrogens (tertiary/aromatic N) is 3. The van der Waals surface area contributed by atoms with Gasteiger partial charge in [0.2, 0.25) is 5.28 Å². The van der Waals surface area contributed by atoms with Gasteiger partial charge in [-0.25, -0.2) is 0 Å². The molecule has 1 aromatic heterocycles. The first-order chi connectivity index (χ1) is 9.41. The van der Waals surface area contributed by atoms with Crippen molar-refractivity contribution in [2.24, 2.45) is 0 Å². The van der Waals surface area contributed by atoms with E-state index in [2.05, 4.69) is 15.0 Å². The van der Waals surface area contributed by atoms with Crippen LogP contribution in [0.15, 0.2) is 24.3 Å². The quantitative estimate of drug-likeness (QED) is 0.869. The zero-order valence-electron chi connectivity index (χ0n) is 10.3. The predicted octanol–water partition coefficient (Wildman–Crippen LogP) is 3.61. The van der Waals surface area contributed by atoms with Crippen LogP contribution in [0, 0.1) is 0 Å². The minimum atomic E-state index is -4.51. The molecule has 4 nitrogen and oxygen atoms in total. The maximum Gasteiger partial charge on any atom is 0.417 e. The minimum Gasteiger partial charge on any atom is -0.464 e. The van der Waals surface area contributed by atoms with Crippen molar-refractivity contribution in [3.05, 3.63) is 35.1 Å². The third-order valence-corrected chi connectivity index (χ3v) is 2.50. The van der Waals surface area contributed by atoms with E-state index in [4.69, 9.17) is 16.3 Å². The van der Waals surface area contributed by atoms with Crippen molar-refractivity contribution in [3.63, 3.8) is 0 Å². The molecule has 0 radical (unpaired) electrons. The molecule has 0 aliphatic rings. The second-order valence-electron chi connectivity index (χ2n) is 3.69. The summed E-state index contributed by atoms with van der Waals surface area (Å²) < 4.78 is 43.9. The molecule has 0 aliphatic carbocycles. The zero-order chi connectivity index (χ0) is 14.8. The summed E-state index contributed by atoms with van der Waals surface area (Å²) in [4.78, 5) is 11.2. The monoisotopic (exact) mass is 303 g/mol. The first-order valence-corrected chi connectivity index (χ1v) is 6.00. The van der Waals surface area contributed by atoms with Gasteiger partial charge in [0.05, 0.1) is 12.2 Å². The molecule has 1 heterocycles. The third-order valence-electron chi connectivity index (χ3n) is 2.33. The van der Waals surface area contributed by atoms with Crippen molar-refractivity contribution >= 4 is 11.6 Å². The molecule has 0 atom stereocenters. The van der Waals surface area contributed by atoms with E-state index < -0.39 is 11.7 Å². The molecule has 1 aromatic carbocycles. The van der Waals surface area contributed by atoms with Gasteiger partial charge in [-0.05, 0) is 24.6 Å². The lowest BCUT2D eigenvalue weighted by Gasteiger charge is -2.12. The third kappa shape index (κ3) is 3.16. The highest BCUT2D eigenvalue weighted by Gasteiger charge is 2.34. The lowest BCUT2D eigenvalue weighted by atomic mass is 10.1. The lowest BCUT2D eigenvalue weighted by molar-refractivity contribution is -0.137. The maximum absolute atomic E-state index is 12.9. The van der Waals surface area contributed by atoms with Crippen molar-refractivity contribution in [3.8, 4) is 17.4 Å². The van der Waals surface area contributed by atoms with Gasteiger partial charge < -0.3 is 4.74 Å². The molecule has 0 bridgehead atoms. The average molecular weight is 304 g/mol. The maximum atomic E-state index is 12.9. The summed E-state index contributed by atoms with van der Waals surface area (Å²) in [5.41, 5.74) is -1.02. The van der Waals surface area contributed by atoms with Gasteiger partial charge in [0.15, 0.2) is 5.82 Å². The molecular formula is C12H9ClF3N3O. The summed E-state index contributed by atoms with van der Waals surface area (Å²) in [6, 6.07) is 4.86. The molecule has 0 spiro atoms. The van der Waals surface area contributed by atoms with Crippen molar-refractivity contribution in [2.75, 3.05) is 6.61 Å². The number of hydrogen-bond donors (Lipinski definition) is 0. The van der Waals surface area contributed by atoms with E-state index in [1.807, 2.05) is 0 Å². The predicted molar refractivity (Wildman–Crippen MR) is 66.4 cm³/mol. The Balaban J connectivity index is 2.57. The van der Waals surface area contributed by atoms with Crippen molar-refractivity contribution in [2.45, 2.75) is 13.1 Å². The van der Waals surface area contributed by atoms with E-state index in [9.17, 15) is 13.2 Å². The van der Waals surface area contributed by atoms with Crippen molar-refractivity contribution in [1.82, 2.24) is 15.0 Å². The molecule has 0 fully saturated rings. The van der Waals surface area contributed by atoms with Crippen molar-refractivity contribution in [1.29, 1.82) is 0 Å². The zero-order valence-corrected chi connectivity index (χ0v) is 11.0. The molecule has 0 unspecified atom stereocenters. The van der Waals surface area contributed by atoms with E-state index in [-0.39, 0.29) is 29.3 Å². The Morgan fingerprint density at radius 3 is 2.50 bits per heavy atom. The number of rotatable bonds is 3. The highest BCUT2D eigenvalue weighted by atomic mass is 35.5. The van der Waals surface area contributed by atoms with Gasteiger partial charge in [0.1, 0.15) is 0 Å². The second kappa shape index (κ2) is 5.62. The van der Waals surface area contributed by atoms with E-state index >= 15 is 0 Å². The van der Waals surface area contributed by atoms with Gasteiger partial charge in [0.25, 0.3) is 0 Å². The number of ether oxygens (including phenoxy) is 1. The SMILES string of the molecule is CCOc1nc(Cl)nc(-c2ccccc2C(F)(F)F)n1. The molecular weight excluding hydrogens is 295 g/mol. The summed E-state index contributed by atoms with van der Waals surface area (Å²) in [5.74, 6) is -0.179. The van der Waals surface area contributed by atoms with Crippen LogP contribution >= 0.6 is 11.6 Å². The van der Waals surface area contributed by atoms with Crippen LogP contribution in [-0.2, 0) is 6.18 Å². The summed E-state index contributed by atoms with van der Waals surface area (Å²) >= 11 is 5.68. The Hall–Kier alpha value is -1.89. The van der Waals surface area contributed by atoms with Crippen molar-refractivity contribution < 1.29 is 17.9 Å². The van der Waals surface area contributed by atoms with Crippen LogP contribution in [0.5, 0.6) is 6.01 Å². The molecule has 0 saturated heterocycles. The first-order valence-electron chi connectivity index (χ1n) is 5.62. The fraction of sp³-hybridized carbons (Fsp3) is 0.250. The standard InChI is InChI=1S/C12H9ClF3N3O/c1-2-20-11-18-9(17-10(13)19-11)7-5-3-4-6-8(7)12(14,15)16/h3-6H,2H2,1H3. The van der Waals surface area contributed by atoms with Gasteiger partial charge in [0, 0.05) is 5.56 Å². The molecule has 0 saturated carbocycles. The number of hydrogen-bond acceptors (Lipinski definition) is 4. The van der Waals surface area contributed by atoms with E-state index in [1.165, 1.54) is 18.2 Å². The smallest absolute Gasteiger partial charge is 0.417 e. The highest BCUT2D eigenvalue weighted by molar-refractivity contribution is 6.28. The molecule has 0 aliphatic heterocycles. The van der Waals surface area contributed by atoms with Gasteiger partial charge in [-0.2, -0.15) is 28.1 Å². The second-order valence-corrected chi connectivity index (χ2v) is 4.03. The van der Waals surface area contributed by atoms with Crippen LogP contribution in [0.3, 0.4) is 0 Å². The number of alkyl halides is 3. The lowest BCUT2D eigenvalue weighted by Crippen LogP contribution is -2.09. The first kappa shape index (κ1) is 14.5. The fourth-order valence-electron chi connectivity index (χ4n) is 1.57. The van der Waals surface area contributed by atoms with Gasteiger partial charge >= 0.3 is 12.2 Å². The largest absolute Gasteiger partial charge is 0.464 e. The molecule has 2 rings (SSSR count). The number of aromatic nitrogens is 3. The van der Waals surface area contributed by atoms with E-state index in [0.717, 1.165) is 6.07 Å². The number of benzene rings is 1. The topological polar surface area (TPSA) is 47.9 Å². The average Bonchev–Trinajstić information content (AvgIpc) is 2.37. The minimum absolute atomic E-state index is 0.112. The van der Waals surface area contributed by atoms with Gasteiger partial charge in [-0.15, -0.1) is 0 Å². The molecule has 106 valence electrons. The Bertz CT molecular complexity index is 619. The molecule has 0 N–H and O–H groups in total. The van der Waals surface area contributed by atoms with Gasteiger partial charge in [-0.3, -0.25) is 0 Å². The summed E-state index contributed by atoms with van der Waals surface area (Å²) in [6.07, 6.45) is -4.51.